The summed E-state index contributed by atoms with van der Waals surface area (Å²) in [5.74, 6) is 0.861. The van der Waals surface area contributed by atoms with Gasteiger partial charge in [-0.1, -0.05) is 11.6 Å². The van der Waals surface area contributed by atoms with Gasteiger partial charge in [0.1, 0.15) is 36.1 Å². The number of phenols is 1. The molecule has 1 saturated heterocycles. The van der Waals surface area contributed by atoms with E-state index in [1.165, 1.54) is 19.1 Å². The van der Waals surface area contributed by atoms with Gasteiger partial charge in [-0.3, -0.25) is 9.69 Å². The summed E-state index contributed by atoms with van der Waals surface area (Å²) in [4.78, 5) is 13.4. The summed E-state index contributed by atoms with van der Waals surface area (Å²) >= 11 is 5.89. The van der Waals surface area contributed by atoms with Gasteiger partial charge in [0.15, 0.2) is 0 Å². The van der Waals surface area contributed by atoms with Crippen molar-refractivity contribution in [2.45, 2.75) is 25.6 Å². The summed E-state index contributed by atoms with van der Waals surface area (Å²) in [7, 11) is 0. The molecule has 156 valence electrons. The zero-order chi connectivity index (χ0) is 20.8. The van der Waals surface area contributed by atoms with E-state index >= 15 is 0 Å². The minimum absolute atomic E-state index is 0.0188. The molecule has 0 aliphatic carbocycles. The molecule has 2 aromatic carbocycles. The number of ether oxygens (including phenoxy) is 2. The molecule has 2 atom stereocenters. The van der Waals surface area contributed by atoms with Crippen LogP contribution in [0.4, 0.5) is 5.69 Å². The molecular formula is C21H25ClN2O5. The number of carbonyl (C=O) groups excluding carboxylic acids is 1. The molecule has 2 aromatic rings. The molecule has 1 aliphatic heterocycles. The lowest BCUT2D eigenvalue weighted by Gasteiger charge is -2.21. The molecule has 1 aliphatic rings. The highest BCUT2D eigenvalue weighted by atomic mass is 35.5. The maximum atomic E-state index is 11.3. The maximum Gasteiger partial charge on any atom is 0.221 e. The number of benzene rings is 2. The van der Waals surface area contributed by atoms with Crippen LogP contribution >= 0.6 is 11.6 Å². The van der Waals surface area contributed by atoms with Crippen LogP contribution < -0.4 is 14.8 Å². The molecule has 0 saturated carbocycles. The van der Waals surface area contributed by atoms with Crippen molar-refractivity contribution in [2.75, 3.05) is 31.6 Å². The molecule has 0 bridgehead atoms. The highest BCUT2D eigenvalue weighted by molar-refractivity contribution is 6.30. The van der Waals surface area contributed by atoms with Gasteiger partial charge in [-0.15, -0.1) is 0 Å². The van der Waals surface area contributed by atoms with E-state index in [0.29, 0.717) is 29.5 Å². The van der Waals surface area contributed by atoms with Crippen molar-refractivity contribution in [1.82, 2.24) is 4.90 Å². The summed E-state index contributed by atoms with van der Waals surface area (Å²) in [5.41, 5.74) is 0.445. The van der Waals surface area contributed by atoms with Crippen molar-refractivity contribution in [3.63, 3.8) is 0 Å². The fraction of sp³-hybridized carbons (Fsp3) is 0.381. The number of rotatable bonds is 8. The van der Waals surface area contributed by atoms with Crippen LogP contribution in [0.5, 0.6) is 17.2 Å². The first-order valence-corrected chi connectivity index (χ1v) is 9.83. The number of amides is 1. The van der Waals surface area contributed by atoms with E-state index in [0.717, 1.165) is 18.7 Å². The Morgan fingerprint density at radius 1 is 1.31 bits per heavy atom. The number of anilines is 1. The summed E-state index contributed by atoms with van der Waals surface area (Å²) in [5, 5.41) is 23.3. The number of nitrogens with zero attached hydrogens (tertiary/aromatic N) is 1. The number of nitrogens with one attached hydrogen (secondary N) is 1. The fourth-order valence-electron chi connectivity index (χ4n) is 3.22. The van der Waals surface area contributed by atoms with Gasteiger partial charge in [0.25, 0.3) is 0 Å². The van der Waals surface area contributed by atoms with Crippen LogP contribution in [0.15, 0.2) is 42.5 Å². The Balaban J connectivity index is 1.46. The SMILES string of the molecule is CC(=O)Nc1ccc(O)cc1OC[C@@H](O)CN1CCC(Oc2ccc(Cl)cc2)C1. The minimum Gasteiger partial charge on any atom is -0.508 e. The average molecular weight is 421 g/mol. The first kappa shape index (κ1) is 21.2. The van der Waals surface area contributed by atoms with Crippen molar-refractivity contribution < 1.29 is 24.5 Å². The van der Waals surface area contributed by atoms with Crippen molar-refractivity contribution in [3.05, 3.63) is 47.5 Å². The van der Waals surface area contributed by atoms with Crippen LogP contribution in [0.1, 0.15) is 13.3 Å². The number of aliphatic hydroxyl groups excluding tert-OH is 1. The molecule has 1 unspecified atom stereocenters. The Labute approximate surface area is 174 Å². The number of β-amino-alcohol motifs (C(OH)–C–C–N with tert-alkyl or cyclic N) is 1. The summed E-state index contributed by atoms with van der Waals surface area (Å²) < 4.78 is 11.6. The fourth-order valence-corrected chi connectivity index (χ4v) is 3.35. The van der Waals surface area contributed by atoms with Crippen molar-refractivity contribution in [1.29, 1.82) is 0 Å². The largest absolute Gasteiger partial charge is 0.508 e. The van der Waals surface area contributed by atoms with Crippen LogP contribution in [-0.4, -0.2) is 59.5 Å². The van der Waals surface area contributed by atoms with E-state index < -0.39 is 6.10 Å². The molecular weight excluding hydrogens is 396 g/mol. The second kappa shape index (κ2) is 9.82. The van der Waals surface area contributed by atoms with Crippen LogP contribution in [0.25, 0.3) is 0 Å². The van der Waals surface area contributed by atoms with E-state index in [-0.39, 0.29) is 24.4 Å². The predicted octanol–water partition coefficient (Wildman–Crippen LogP) is 2.90. The number of phenolic OH excluding ortho intramolecular Hbond substituents is 1. The highest BCUT2D eigenvalue weighted by Crippen LogP contribution is 2.29. The quantitative estimate of drug-likeness (QED) is 0.569. The van der Waals surface area contributed by atoms with Gasteiger partial charge in [-0.05, 0) is 42.8 Å². The third-order valence-corrected chi connectivity index (χ3v) is 4.77. The van der Waals surface area contributed by atoms with Crippen LogP contribution in [0.2, 0.25) is 5.02 Å². The number of hydrogen-bond acceptors (Lipinski definition) is 6. The Hall–Kier alpha value is -2.48. The van der Waals surface area contributed by atoms with Crippen LogP contribution in [0.3, 0.4) is 0 Å². The monoisotopic (exact) mass is 420 g/mol. The molecule has 0 radical (unpaired) electrons. The van der Waals surface area contributed by atoms with E-state index in [4.69, 9.17) is 21.1 Å². The average Bonchev–Trinajstić information content (AvgIpc) is 3.10. The number of aromatic hydroxyl groups is 1. The Bertz CT molecular complexity index is 830. The van der Waals surface area contributed by atoms with Gasteiger partial charge < -0.3 is 25.0 Å². The van der Waals surface area contributed by atoms with Gasteiger partial charge in [0.05, 0.1) is 5.69 Å². The number of likely N-dealkylation sites (tertiary alicyclic amines) is 1. The smallest absolute Gasteiger partial charge is 0.221 e. The number of aliphatic hydroxyl groups is 1. The third-order valence-electron chi connectivity index (χ3n) is 4.52. The lowest BCUT2D eigenvalue weighted by atomic mass is 10.2. The van der Waals surface area contributed by atoms with E-state index in [1.807, 2.05) is 12.1 Å². The Morgan fingerprint density at radius 2 is 2.07 bits per heavy atom. The molecule has 8 heteroatoms. The molecule has 1 amide bonds. The Kier molecular flexibility index (Phi) is 7.19. The van der Waals surface area contributed by atoms with Gasteiger partial charge in [0.2, 0.25) is 5.91 Å². The predicted molar refractivity (Wildman–Crippen MR) is 111 cm³/mol. The Morgan fingerprint density at radius 3 is 2.79 bits per heavy atom. The van der Waals surface area contributed by atoms with Gasteiger partial charge >= 0.3 is 0 Å². The van der Waals surface area contributed by atoms with E-state index in [9.17, 15) is 15.0 Å². The van der Waals surface area contributed by atoms with Crippen LogP contribution in [0, 0.1) is 0 Å². The minimum atomic E-state index is -0.725. The normalized spacial score (nSPS) is 17.7. The maximum absolute atomic E-state index is 11.3. The van der Waals surface area contributed by atoms with E-state index in [2.05, 4.69) is 10.2 Å². The molecule has 0 spiro atoms. The first-order chi connectivity index (χ1) is 13.9. The summed E-state index contributed by atoms with van der Waals surface area (Å²) in [6.45, 7) is 3.40. The zero-order valence-corrected chi connectivity index (χ0v) is 16.9. The van der Waals surface area contributed by atoms with Crippen molar-refractivity contribution >= 4 is 23.2 Å². The molecule has 7 nitrogen and oxygen atoms in total. The zero-order valence-electron chi connectivity index (χ0n) is 16.2. The van der Waals surface area contributed by atoms with Crippen molar-refractivity contribution in [2.24, 2.45) is 0 Å². The second-order valence-corrected chi connectivity index (χ2v) is 7.50. The highest BCUT2D eigenvalue weighted by Gasteiger charge is 2.26. The van der Waals surface area contributed by atoms with Gasteiger partial charge in [-0.25, -0.2) is 0 Å². The molecule has 1 heterocycles. The number of hydrogen-bond donors (Lipinski definition) is 3. The van der Waals surface area contributed by atoms with Gasteiger partial charge in [0, 0.05) is 37.6 Å². The van der Waals surface area contributed by atoms with E-state index in [1.54, 1.807) is 18.2 Å². The molecule has 3 rings (SSSR count). The number of carbonyl (C=O) groups is 1. The topological polar surface area (TPSA) is 91.3 Å². The standard InChI is InChI=1S/C21H25ClN2O5/c1-14(25)23-20-7-4-16(26)10-21(20)28-13-17(27)11-24-9-8-19(12-24)29-18-5-2-15(22)3-6-18/h2-7,10,17,19,26-27H,8-9,11-13H2,1H3,(H,23,25)/t17-,19?/m0/s1. The van der Waals surface area contributed by atoms with Crippen molar-refractivity contribution in [3.8, 4) is 17.2 Å². The van der Waals surface area contributed by atoms with Crippen LogP contribution in [-0.2, 0) is 4.79 Å². The van der Waals surface area contributed by atoms with Gasteiger partial charge in [-0.2, -0.15) is 0 Å². The third kappa shape index (κ3) is 6.52. The summed E-state index contributed by atoms with van der Waals surface area (Å²) in [6.07, 6.45) is 0.202. The second-order valence-electron chi connectivity index (χ2n) is 7.07. The molecule has 29 heavy (non-hydrogen) atoms. The lowest BCUT2D eigenvalue weighted by Crippen LogP contribution is -2.35. The molecule has 0 aromatic heterocycles. The number of halogens is 1. The summed E-state index contributed by atoms with van der Waals surface area (Å²) in [6, 6.07) is 11.7. The molecule has 3 N–H and O–H groups in total. The lowest BCUT2D eigenvalue weighted by molar-refractivity contribution is -0.114. The molecule has 1 fully saturated rings. The first-order valence-electron chi connectivity index (χ1n) is 9.45.